The third kappa shape index (κ3) is 2.78. The van der Waals surface area contributed by atoms with Gasteiger partial charge in [-0.25, -0.2) is 0 Å². The molecule has 0 saturated heterocycles. The lowest BCUT2D eigenvalue weighted by molar-refractivity contribution is 0.420. The standard InChI is InChI=1S/C24H24/c1-17-10-12-19(13-11-17)21-14-15-23(20-7-5-8-20)24(16-21)22-9-4-3-6-18(22)2/h3-4,6,9-16,20H,5,7-8H2,1-2H3. The van der Waals surface area contributed by atoms with Gasteiger partial charge < -0.3 is 0 Å². The average Bonchev–Trinajstić information content (AvgIpc) is 2.55. The van der Waals surface area contributed by atoms with E-state index in [0.29, 0.717) is 0 Å². The van der Waals surface area contributed by atoms with Gasteiger partial charge in [-0.1, -0.05) is 72.6 Å². The second-order valence-electron chi connectivity index (χ2n) is 7.11. The van der Waals surface area contributed by atoms with Crippen molar-refractivity contribution in [3.05, 3.63) is 83.4 Å². The molecule has 0 unspecified atom stereocenters. The van der Waals surface area contributed by atoms with Crippen molar-refractivity contribution in [3.8, 4) is 22.3 Å². The summed E-state index contributed by atoms with van der Waals surface area (Å²) in [5, 5.41) is 0. The van der Waals surface area contributed by atoms with Crippen molar-refractivity contribution < 1.29 is 0 Å². The van der Waals surface area contributed by atoms with Crippen molar-refractivity contribution in [1.82, 2.24) is 0 Å². The van der Waals surface area contributed by atoms with Crippen molar-refractivity contribution in [2.75, 3.05) is 0 Å². The minimum Gasteiger partial charge on any atom is -0.0620 e. The fraction of sp³-hybridized carbons (Fsp3) is 0.250. The van der Waals surface area contributed by atoms with Crippen LogP contribution in [0.25, 0.3) is 22.3 Å². The third-order valence-electron chi connectivity index (χ3n) is 5.42. The summed E-state index contributed by atoms with van der Waals surface area (Å²) in [6, 6.07) is 24.7. The SMILES string of the molecule is Cc1ccc(-c2ccc(C3CCC3)c(-c3ccccc3C)c2)cc1. The van der Waals surface area contributed by atoms with Crippen molar-refractivity contribution in [1.29, 1.82) is 0 Å². The smallest absolute Gasteiger partial charge is 0.0140 e. The molecule has 3 aromatic rings. The zero-order valence-electron chi connectivity index (χ0n) is 14.5. The van der Waals surface area contributed by atoms with Gasteiger partial charge in [0.2, 0.25) is 0 Å². The summed E-state index contributed by atoms with van der Waals surface area (Å²) in [4.78, 5) is 0. The van der Waals surface area contributed by atoms with Crippen LogP contribution in [-0.2, 0) is 0 Å². The highest BCUT2D eigenvalue weighted by Gasteiger charge is 2.23. The fourth-order valence-electron chi connectivity index (χ4n) is 3.67. The van der Waals surface area contributed by atoms with E-state index in [0.717, 1.165) is 5.92 Å². The molecular weight excluding hydrogens is 288 g/mol. The molecule has 0 heterocycles. The molecule has 0 amide bonds. The van der Waals surface area contributed by atoms with Gasteiger partial charge in [-0.2, -0.15) is 0 Å². The van der Waals surface area contributed by atoms with Crippen LogP contribution >= 0.6 is 0 Å². The molecule has 1 saturated carbocycles. The summed E-state index contributed by atoms with van der Waals surface area (Å²) in [5.74, 6) is 0.742. The van der Waals surface area contributed by atoms with E-state index < -0.39 is 0 Å². The maximum Gasteiger partial charge on any atom is -0.0140 e. The lowest BCUT2D eigenvalue weighted by Crippen LogP contribution is -2.10. The Morgan fingerprint density at radius 1 is 0.708 bits per heavy atom. The van der Waals surface area contributed by atoms with Gasteiger partial charge in [0.25, 0.3) is 0 Å². The van der Waals surface area contributed by atoms with Gasteiger partial charge >= 0.3 is 0 Å². The molecule has 120 valence electrons. The molecule has 0 nitrogen and oxygen atoms in total. The van der Waals surface area contributed by atoms with Gasteiger partial charge in [0.15, 0.2) is 0 Å². The van der Waals surface area contributed by atoms with Crippen LogP contribution in [0, 0.1) is 13.8 Å². The summed E-state index contributed by atoms with van der Waals surface area (Å²) in [6.07, 6.45) is 4.04. The van der Waals surface area contributed by atoms with Crippen LogP contribution in [0.1, 0.15) is 41.9 Å². The van der Waals surface area contributed by atoms with Crippen molar-refractivity contribution in [2.45, 2.75) is 39.0 Å². The molecule has 3 aromatic carbocycles. The highest BCUT2D eigenvalue weighted by Crippen LogP contribution is 2.43. The zero-order valence-corrected chi connectivity index (χ0v) is 14.5. The number of benzene rings is 3. The van der Waals surface area contributed by atoms with E-state index in [1.165, 1.54) is 58.2 Å². The van der Waals surface area contributed by atoms with Gasteiger partial charge in [0.05, 0.1) is 0 Å². The summed E-state index contributed by atoms with van der Waals surface area (Å²) < 4.78 is 0. The van der Waals surface area contributed by atoms with Crippen LogP contribution in [0.3, 0.4) is 0 Å². The maximum absolute atomic E-state index is 2.40. The minimum atomic E-state index is 0.742. The Hall–Kier alpha value is -2.34. The Bertz CT molecular complexity index is 851. The molecule has 1 aliphatic carbocycles. The summed E-state index contributed by atoms with van der Waals surface area (Å²) in [5.41, 5.74) is 9.63. The van der Waals surface area contributed by atoms with Gasteiger partial charge in [-0.05, 0) is 72.1 Å². The van der Waals surface area contributed by atoms with Crippen LogP contribution < -0.4 is 0 Å². The van der Waals surface area contributed by atoms with Crippen LogP contribution in [0.2, 0.25) is 0 Å². The summed E-state index contributed by atoms with van der Waals surface area (Å²) in [7, 11) is 0. The molecule has 0 N–H and O–H groups in total. The van der Waals surface area contributed by atoms with Gasteiger partial charge in [-0.15, -0.1) is 0 Å². The molecule has 1 fully saturated rings. The van der Waals surface area contributed by atoms with E-state index in [2.05, 4.69) is 80.6 Å². The van der Waals surface area contributed by atoms with E-state index >= 15 is 0 Å². The first-order valence-electron chi connectivity index (χ1n) is 8.99. The molecule has 0 aliphatic heterocycles. The Morgan fingerprint density at radius 2 is 1.42 bits per heavy atom. The Labute approximate surface area is 145 Å². The molecule has 0 radical (unpaired) electrons. The first-order chi connectivity index (χ1) is 11.7. The predicted molar refractivity (Wildman–Crippen MR) is 103 cm³/mol. The van der Waals surface area contributed by atoms with Gasteiger partial charge in [0, 0.05) is 0 Å². The third-order valence-corrected chi connectivity index (χ3v) is 5.42. The van der Waals surface area contributed by atoms with E-state index in [-0.39, 0.29) is 0 Å². The van der Waals surface area contributed by atoms with Crippen LogP contribution in [0.15, 0.2) is 66.7 Å². The highest BCUT2D eigenvalue weighted by molar-refractivity contribution is 5.78. The average molecular weight is 312 g/mol. The molecule has 0 spiro atoms. The van der Waals surface area contributed by atoms with Crippen molar-refractivity contribution in [2.24, 2.45) is 0 Å². The molecule has 0 aromatic heterocycles. The lowest BCUT2D eigenvalue weighted by atomic mass is 9.76. The topological polar surface area (TPSA) is 0 Å². The Kier molecular flexibility index (Phi) is 3.98. The summed E-state index contributed by atoms with van der Waals surface area (Å²) in [6.45, 7) is 4.36. The van der Waals surface area contributed by atoms with Crippen molar-refractivity contribution >= 4 is 0 Å². The monoisotopic (exact) mass is 312 g/mol. The Balaban J connectivity index is 1.86. The number of aryl methyl sites for hydroxylation is 2. The van der Waals surface area contributed by atoms with E-state index in [1.807, 2.05) is 0 Å². The van der Waals surface area contributed by atoms with Gasteiger partial charge in [0.1, 0.15) is 0 Å². The minimum absolute atomic E-state index is 0.742. The van der Waals surface area contributed by atoms with Crippen LogP contribution in [-0.4, -0.2) is 0 Å². The highest BCUT2D eigenvalue weighted by atomic mass is 14.3. The molecule has 0 atom stereocenters. The number of rotatable bonds is 3. The molecule has 24 heavy (non-hydrogen) atoms. The van der Waals surface area contributed by atoms with E-state index in [9.17, 15) is 0 Å². The largest absolute Gasteiger partial charge is 0.0620 e. The quantitative estimate of drug-likeness (QED) is 0.493. The van der Waals surface area contributed by atoms with Crippen LogP contribution in [0.4, 0.5) is 0 Å². The van der Waals surface area contributed by atoms with E-state index in [1.54, 1.807) is 0 Å². The second-order valence-corrected chi connectivity index (χ2v) is 7.11. The molecule has 0 heteroatoms. The first kappa shape index (κ1) is 15.2. The molecule has 1 aliphatic rings. The zero-order chi connectivity index (χ0) is 16.5. The summed E-state index contributed by atoms with van der Waals surface area (Å²) >= 11 is 0. The predicted octanol–water partition coefficient (Wildman–Crippen LogP) is 6.90. The number of hydrogen-bond donors (Lipinski definition) is 0. The normalized spacial score (nSPS) is 14.4. The maximum atomic E-state index is 2.40. The molecular formula is C24H24. The molecule has 0 bridgehead atoms. The first-order valence-corrected chi connectivity index (χ1v) is 8.99. The fourth-order valence-corrected chi connectivity index (χ4v) is 3.67. The molecule has 4 rings (SSSR count). The van der Waals surface area contributed by atoms with Gasteiger partial charge in [-0.3, -0.25) is 0 Å². The van der Waals surface area contributed by atoms with E-state index in [4.69, 9.17) is 0 Å². The second kappa shape index (κ2) is 6.28. The Morgan fingerprint density at radius 3 is 2.08 bits per heavy atom. The van der Waals surface area contributed by atoms with Crippen molar-refractivity contribution in [3.63, 3.8) is 0 Å². The number of hydrogen-bond acceptors (Lipinski definition) is 0. The lowest BCUT2D eigenvalue weighted by Gasteiger charge is -2.29. The van der Waals surface area contributed by atoms with Crippen LogP contribution in [0.5, 0.6) is 0 Å².